The first-order chi connectivity index (χ1) is 40.6. The van der Waals surface area contributed by atoms with Gasteiger partial charge in [-0.3, -0.25) is 67.7 Å². The molecule has 36 heteroatoms. The van der Waals surface area contributed by atoms with E-state index in [1.54, 1.807) is 0 Å². The summed E-state index contributed by atoms with van der Waals surface area (Å²) < 4.78 is 99.3. The summed E-state index contributed by atoms with van der Waals surface area (Å²) in [6, 6.07) is 0. The van der Waals surface area contributed by atoms with Crippen molar-refractivity contribution < 1.29 is 143 Å². The largest absolute Gasteiger partial charge is 0.463 e. The molecule has 488 valence electrons. The Balaban J connectivity index is 2.03. The molecular formula is C51H70N2O30S4. The van der Waals surface area contributed by atoms with Crippen LogP contribution in [0.5, 0.6) is 0 Å². The summed E-state index contributed by atoms with van der Waals surface area (Å²) >= 11 is 2.72. The molecule has 4 aliphatic rings. The van der Waals surface area contributed by atoms with Gasteiger partial charge in [0.2, 0.25) is 0 Å². The molecule has 0 aromatic heterocycles. The topological polar surface area (TPSA) is 429 Å². The zero-order valence-electron chi connectivity index (χ0n) is 49.3. The van der Waals surface area contributed by atoms with Gasteiger partial charge in [-0.2, -0.15) is 0 Å². The monoisotopic (exact) mass is 1320 g/mol. The van der Waals surface area contributed by atoms with Gasteiger partial charge in [-0.15, -0.1) is 35.3 Å². The third-order valence-corrected chi connectivity index (χ3v) is 16.8. The van der Waals surface area contributed by atoms with Gasteiger partial charge < -0.3 is 86.3 Å². The number of amidine groups is 1. The molecule has 4 heterocycles. The molecule has 0 unspecified atom stereocenters. The van der Waals surface area contributed by atoms with Gasteiger partial charge in [-0.25, -0.2) is 0 Å². The van der Waals surface area contributed by atoms with Crippen molar-refractivity contribution in [1.82, 2.24) is 0 Å². The molecule has 4 rings (SSSR count). The highest BCUT2D eigenvalue weighted by Gasteiger charge is 2.59. The number of thioether (sulfide) groups is 4. The first-order valence-electron chi connectivity index (χ1n) is 26.3. The van der Waals surface area contributed by atoms with Crippen LogP contribution in [0.1, 0.15) is 90.0 Å². The minimum atomic E-state index is -1.77. The second kappa shape index (κ2) is 34.0. The quantitative estimate of drug-likeness (QED) is 0.0573. The first-order valence-corrected chi connectivity index (χ1v) is 30.2. The summed E-state index contributed by atoms with van der Waals surface area (Å²) in [5.74, 6) is -13.0. The van der Waals surface area contributed by atoms with E-state index >= 15 is 0 Å². The van der Waals surface area contributed by atoms with Crippen molar-refractivity contribution in [3.8, 4) is 0 Å². The summed E-state index contributed by atoms with van der Waals surface area (Å²) in [5, 5.41) is 6.01. The first kappa shape index (κ1) is 73.3. The van der Waals surface area contributed by atoms with Gasteiger partial charge in [0.1, 0.15) is 60.0 Å². The van der Waals surface area contributed by atoms with Crippen LogP contribution in [0.2, 0.25) is 0 Å². The number of carbonyl (C=O) groups excluding carboxylic acids is 13. The Morgan fingerprint density at radius 2 is 0.575 bits per heavy atom. The highest BCUT2D eigenvalue weighted by Crippen LogP contribution is 2.47. The third-order valence-electron chi connectivity index (χ3n) is 12.0. The van der Waals surface area contributed by atoms with Crippen LogP contribution in [-0.2, 0) is 143 Å². The number of nitrogens with one attached hydrogen (secondary N) is 1. The zero-order valence-corrected chi connectivity index (χ0v) is 52.6. The molecule has 0 radical (unpaired) electrons. The molecule has 0 aliphatic carbocycles. The number of ether oxygens (including phenoxy) is 17. The molecule has 0 saturated carbocycles. The molecule has 20 atom stereocenters. The lowest BCUT2D eigenvalue weighted by molar-refractivity contribution is -0.238. The molecule has 87 heavy (non-hydrogen) atoms. The van der Waals surface area contributed by atoms with Crippen LogP contribution in [0, 0.1) is 5.41 Å². The van der Waals surface area contributed by atoms with Crippen molar-refractivity contribution >= 4 is 130 Å². The number of hydrogen-bond acceptors (Lipinski definition) is 35. The lowest BCUT2D eigenvalue weighted by atomic mass is 9.99. The van der Waals surface area contributed by atoms with Crippen LogP contribution in [0.25, 0.3) is 0 Å². The van der Waals surface area contributed by atoms with Gasteiger partial charge in [0.05, 0.1) is 5.25 Å². The maximum atomic E-state index is 13.5. The lowest BCUT2D eigenvalue weighted by Crippen LogP contribution is -2.64. The van der Waals surface area contributed by atoms with Crippen LogP contribution in [0.4, 0.5) is 0 Å². The molecule has 4 fully saturated rings. The third kappa shape index (κ3) is 22.7. The van der Waals surface area contributed by atoms with Gasteiger partial charge in [0, 0.05) is 102 Å². The van der Waals surface area contributed by atoms with Crippen molar-refractivity contribution in [3.63, 3.8) is 0 Å². The lowest BCUT2D eigenvalue weighted by Gasteiger charge is -2.49. The van der Waals surface area contributed by atoms with E-state index in [2.05, 4.69) is 0 Å². The predicted molar refractivity (Wildman–Crippen MR) is 295 cm³/mol. The number of nitrogens with two attached hydrogens (primary N) is 1. The van der Waals surface area contributed by atoms with E-state index in [1.165, 1.54) is 0 Å². The smallest absolute Gasteiger partial charge is 0.303 e. The Morgan fingerprint density at radius 1 is 0.322 bits per heavy atom. The molecule has 0 bridgehead atoms. The average molecular weight is 1320 g/mol. The molecule has 0 aromatic carbocycles. The highest BCUT2D eigenvalue weighted by atomic mass is 32.2. The normalized spacial score (nSPS) is 31.9. The number of rotatable bonds is 24. The van der Waals surface area contributed by atoms with Crippen LogP contribution in [0.15, 0.2) is 0 Å². The Kier molecular flexibility index (Phi) is 28.6. The van der Waals surface area contributed by atoms with Gasteiger partial charge in [-0.1, -0.05) is 11.8 Å². The summed E-state index contributed by atoms with van der Waals surface area (Å²) in [4.78, 5) is 166. The van der Waals surface area contributed by atoms with E-state index in [0.717, 1.165) is 114 Å². The Hall–Kier alpha value is -6.18. The average Bonchev–Trinajstić information content (AvgIpc) is 0.900. The van der Waals surface area contributed by atoms with Crippen LogP contribution in [0.3, 0.4) is 0 Å². The molecule has 0 aromatic rings. The van der Waals surface area contributed by atoms with Crippen molar-refractivity contribution in [3.05, 3.63) is 0 Å². The minimum Gasteiger partial charge on any atom is -0.463 e. The summed E-state index contributed by atoms with van der Waals surface area (Å²) in [6.45, 7) is 11.9. The van der Waals surface area contributed by atoms with Crippen LogP contribution in [-0.4, -0.2) is 226 Å². The van der Waals surface area contributed by atoms with Crippen LogP contribution >= 0.6 is 47.0 Å². The standard InChI is InChI=1S/C51H70N2O30S4/c1-18(54)67-14-31-35(69-20(3)56)39(73-24(7)60)42(76-27(10)63)47(80-31)84-17-34-38(72-23(6)59)46(86-49-43(77-28(11)64)40(74-25(8)61)36(70-21(4)57)32(81-49)15-68-19(2)55)45(79-30(13)66)48(82-34)85-16-33-37(71-22(5)58)41(75-26(9)62)44(78-29(12)65)50(83-33)87-51(52)53/h31-50H,14-17H2,1-13H3,(H3,52,53)/t31-,32-,33-,34-,35-,36-,37-,38-,39+,40+,41+,42-,43-,44-,45-,46+,47+,48+,49+,50+/m1/s1. The fourth-order valence-electron chi connectivity index (χ4n) is 9.32. The second-order valence-electron chi connectivity index (χ2n) is 19.3. The fourth-order valence-corrected chi connectivity index (χ4v) is 14.4. The van der Waals surface area contributed by atoms with E-state index in [1.807, 2.05) is 0 Å². The second-order valence-corrected chi connectivity index (χ2v) is 24.0. The molecule has 3 N–H and O–H groups in total. The van der Waals surface area contributed by atoms with Crippen molar-refractivity contribution in [2.75, 3.05) is 24.7 Å². The van der Waals surface area contributed by atoms with Crippen molar-refractivity contribution in [2.45, 2.75) is 209 Å². The molecule has 4 aliphatic heterocycles. The van der Waals surface area contributed by atoms with E-state index in [9.17, 15) is 62.3 Å². The molecule has 0 amide bonds. The van der Waals surface area contributed by atoms with Gasteiger partial charge in [0.25, 0.3) is 0 Å². The Labute approximate surface area is 515 Å². The summed E-state index contributed by atoms with van der Waals surface area (Å²) in [7, 11) is 0. The minimum absolute atomic E-state index is 0.422. The van der Waals surface area contributed by atoms with E-state index in [4.69, 9.17) is 91.7 Å². The highest BCUT2D eigenvalue weighted by molar-refractivity contribution is 8.14. The Morgan fingerprint density at radius 3 is 0.931 bits per heavy atom. The number of carbonyl (C=O) groups is 13. The summed E-state index contributed by atoms with van der Waals surface area (Å²) in [6.07, 6.45) is -24.1. The maximum absolute atomic E-state index is 13.5. The van der Waals surface area contributed by atoms with E-state index in [-0.39, 0.29) is 0 Å². The molecule has 4 saturated heterocycles. The Bertz CT molecular complexity index is 2560. The van der Waals surface area contributed by atoms with E-state index < -0.39 is 226 Å². The van der Waals surface area contributed by atoms with Crippen molar-refractivity contribution in [1.29, 1.82) is 5.41 Å². The molecule has 32 nitrogen and oxygen atoms in total. The molecule has 0 spiro atoms. The number of hydrogen-bond donors (Lipinski definition) is 2. The van der Waals surface area contributed by atoms with E-state index in [0.29, 0.717) is 23.5 Å². The van der Waals surface area contributed by atoms with Gasteiger partial charge >= 0.3 is 77.6 Å². The van der Waals surface area contributed by atoms with Crippen LogP contribution < -0.4 is 5.73 Å². The maximum Gasteiger partial charge on any atom is 0.303 e. The van der Waals surface area contributed by atoms with Gasteiger partial charge in [0.15, 0.2) is 71.6 Å². The van der Waals surface area contributed by atoms with Gasteiger partial charge in [-0.05, 0) is 0 Å². The fraction of sp³-hybridized carbons (Fsp3) is 0.725. The molecular weight excluding hydrogens is 1250 g/mol. The predicted octanol–water partition coefficient (Wildman–Crippen LogP) is 0.456. The van der Waals surface area contributed by atoms with Crippen molar-refractivity contribution in [2.24, 2.45) is 5.73 Å². The SMILES string of the molecule is CC(=O)OC[C@H]1O[C@@H](SC[C@H]2O[C@@H](SC[C@H]3O[C@@H](SC(=N)N)[C@H](OC(C)=O)[C@@H](OC(C)=O)[C@@H]3OC(C)=O)[C@H](OC(C)=O)[C@@H](S[C@@H]3O[C@H](COC(C)=O)[C@@H](OC(C)=O)[C@H](OC(C)=O)[C@H]3OC(C)=O)[C@@H]2OC(C)=O)[C@H](OC(C)=O)[C@@H](OC(C)=O)[C@@H]1OC(C)=O. The summed E-state index contributed by atoms with van der Waals surface area (Å²) in [5.41, 5.74) is -0.363. The number of esters is 13. The zero-order chi connectivity index (χ0) is 65.3.